The van der Waals surface area contributed by atoms with Crippen LogP contribution in [0.5, 0.6) is 0 Å². The smallest absolute Gasteiger partial charge is 0.246 e. The summed E-state index contributed by atoms with van der Waals surface area (Å²) in [5, 5.41) is 9.89. The van der Waals surface area contributed by atoms with Crippen molar-refractivity contribution in [2.45, 2.75) is 31.7 Å². The van der Waals surface area contributed by atoms with Gasteiger partial charge in [0, 0.05) is 25.3 Å². The highest BCUT2D eigenvalue weighted by atomic mass is 35.5. The molecule has 1 unspecified atom stereocenters. The second kappa shape index (κ2) is 7.83. The molecule has 1 saturated heterocycles. The molecule has 1 atom stereocenters. The van der Waals surface area contributed by atoms with Crippen LogP contribution in [0.1, 0.15) is 31.2 Å². The third-order valence-electron chi connectivity index (χ3n) is 3.72. The Bertz CT molecular complexity index is 531. The molecule has 0 spiro atoms. The van der Waals surface area contributed by atoms with Gasteiger partial charge in [-0.3, -0.25) is 4.79 Å². The van der Waals surface area contributed by atoms with E-state index >= 15 is 0 Å². The topological polar surface area (TPSA) is 40.5 Å². The predicted molar refractivity (Wildman–Crippen MR) is 86.6 cm³/mol. The fourth-order valence-corrected chi connectivity index (χ4v) is 2.94. The van der Waals surface area contributed by atoms with Crippen molar-refractivity contribution in [3.63, 3.8) is 0 Å². The molecule has 0 aromatic heterocycles. The molecule has 1 aromatic rings. The zero-order chi connectivity index (χ0) is 15.2. The number of amides is 1. The van der Waals surface area contributed by atoms with Gasteiger partial charge in [-0.25, -0.2) is 0 Å². The second-order valence-corrected chi connectivity index (χ2v) is 6.01. The average Bonchev–Trinajstić information content (AvgIpc) is 2.94. The molecule has 1 heterocycles. The van der Waals surface area contributed by atoms with Crippen molar-refractivity contribution < 1.29 is 9.90 Å². The molecule has 21 heavy (non-hydrogen) atoms. The standard InChI is InChI=1S/C16H19Cl2NO2/c17-14-7-5-12(11-15(14)18)6-8-16(21)19-9-1-3-13(19)4-2-10-20/h5-8,11,13,20H,1-4,9-10H2. The van der Waals surface area contributed by atoms with Crippen molar-refractivity contribution >= 4 is 35.2 Å². The Morgan fingerprint density at radius 2 is 2.19 bits per heavy atom. The first-order valence-electron chi connectivity index (χ1n) is 7.16. The molecule has 114 valence electrons. The van der Waals surface area contributed by atoms with Crippen LogP contribution in [0.2, 0.25) is 10.0 Å². The van der Waals surface area contributed by atoms with Gasteiger partial charge in [0.15, 0.2) is 0 Å². The summed E-state index contributed by atoms with van der Waals surface area (Å²) in [6.45, 7) is 0.971. The van der Waals surface area contributed by atoms with Gasteiger partial charge < -0.3 is 10.0 Å². The van der Waals surface area contributed by atoms with E-state index in [4.69, 9.17) is 28.3 Å². The van der Waals surface area contributed by atoms with Gasteiger partial charge in [0.25, 0.3) is 0 Å². The first-order chi connectivity index (χ1) is 10.1. The van der Waals surface area contributed by atoms with Crippen LogP contribution in [0, 0.1) is 0 Å². The molecule has 3 nitrogen and oxygen atoms in total. The van der Waals surface area contributed by atoms with Gasteiger partial charge in [0.2, 0.25) is 5.91 Å². The maximum absolute atomic E-state index is 12.3. The molecule has 1 aliphatic rings. The maximum Gasteiger partial charge on any atom is 0.246 e. The van der Waals surface area contributed by atoms with E-state index in [0.717, 1.165) is 37.8 Å². The minimum atomic E-state index is 0.0153. The molecule has 0 bridgehead atoms. The number of aliphatic hydroxyl groups excluding tert-OH is 1. The summed E-state index contributed by atoms with van der Waals surface area (Å²) in [5.41, 5.74) is 0.851. The van der Waals surface area contributed by atoms with Gasteiger partial charge in [-0.2, -0.15) is 0 Å². The molecule has 1 fully saturated rings. The number of likely N-dealkylation sites (tertiary alicyclic amines) is 1. The first kappa shape index (κ1) is 16.3. The van der Waals surface area contributed by atoms with E-state index in [1.54, 1.807) is 24.3 Å². The van der Waals surface area contributed by atoms with Crippen molar-refractivity contribution in [2.24, 2.45) is 0 Å². The molecule has 1 amide bonds. The van der Waals surface area contributed by atoms with Crippen LogP contribution in [0.15, 0.2) is 24.3 Å². The Morgan fingerprint density at radius 1 is 1.38 bits per heavy atom. The van der Waals surface area contributed by atoms with E-state index in [1.807, 2.05) is 11.0 Å². The summed E-state index contributed by atoms with van der Waals surface area (Å²) in [6.07, 6.45) is 6.99. The lowest BCUT2D eigenvalue weighted by atomic mass is 10.1. The molecule has 0 saturated carbocycles. The summed E-state index contributed by atoms with van der Waals surface area (Å²) in [5.74, 6) is 0.0153. The number of halogens is 2. The Morgan fingerprint density at radius 3 is 2.90 bits per heavy atom. The number of rotatable bonds is 5. The zero-order valence-electron chi connectivity index (χ0n) is 11.8. The van der Waals surface area contributed by atoms with Gasteiger partial charge in [0.05, 0.1) is 10.0 Å². The summed E-state index contributed by atoms with van der Waals surface area (Å²) < 4.78 is 0. The normalized spacial score (nSPS) is 18.6. The van der Waals surface area contributed by atoms with E-state index in [9.17, 15) is 4.79 Å². The van der Waals surface area contributed by atoms with Crippen LogP contribution in [0.4, 0.5) is 0 Å². The lowest BCUT2D eigenvalue weighted by Crippen LogP contribution is -2.34. The number of carbonyl (C=O) groups excluding carboxylic acids is 1. The largest absolute Gasteiger partial charge is 0.396 e. The molecular weight excluding hydrogens is 309 g/mol. The number of hydrogen-bond acceptors (Lipinski definition) is 2. The van der Waals surface area contributed by atoms with Gasteiger partial charge in [0.1, 0.15) is 0 Å². The van der Waals surface area contributed by atoms with Gasteiger partial charge in [-0.05, 0) is 49.5 Å². The van der Waals surface area contributed by atoms with Crippen LogP contribution in [-0.4, -0.2) is 35.1 Å². The second-order valence-electron chi connectivity index (χ2n) is 5.20. The quantitative estimate of drug-likeness (QED) is 0.836. The fourth-order valence-electron chi connectivity index (χ4n) is 2.63. The molecule has 1 aromatic carbocycles. The van der Waals surface area contributed by atoms with Crippen LogP contribution < -0.4 is 0 Å². The molecule has 2 rings (SSSR count). The van der Waals surface area contributed by atoms with Gasteiger partial charge in [-0.15, -0.1) is 0 Å². The molecule has 1 N–H and O–H groups in total. The summed E-state index contributed by atoms with van der Waals surface area (Å²) in [7, 11) is 0. The minimum Gasteiger partial charge on any atom is -0.396 e. The number of aliphatic hydroxyl groups is 1. The molecule has 5 heteroatoms. The van der Waals surface area contributed by atoms with Gasteiger partial charge in [-0.1, -0.05) is 29.3 Å². The monoisotopic (exact) mass is 327 g/mol. The number of hydrogen-bond donors (Lipinski definition) is 1. The van der Waals surface area contributed by atoms with Crippen molar-refractivity contribution in [1.82, 2.24) is 4.90 Å². The first-order valence-corrected chi connectivity index (χ1v) is 7.92. The highest BCUT2D eigenvalue weighted by Crippen LogP contribution is 2.24. The molecule has 0 radical (unpaired) electrons. The van der Waals surface area contributed by atoms with Crippen molar-refractivity contribution in [1.29, 1.82) is 0 Å². The van der Waals surface area contributed by atoms with Crippen LogP contribution >= 0.6 is 23.2 Å². The van der Waals surface area contributed by atoms with Crippen molar-refractivity contribution in [3.8, 4) is 0 Å². The Kier molecular flexibility index (Phi) is 6.09. The third-order valence-corrected chi connectivity index (χ3v) is 4.46. The highest BCUT2D eigenvalue weighted by Gasteiger charge is 2.26. The van der Waals surface area contributed by atoms with E-state index < -0.39 is 0 Å². The van der Waals surface area contributed by atoms with E-state index in [2.05, 4.69) is 0 Å². The van der Waals surface area contributed by atoms with Crippen LogP contribution in [-0.2, 0) is 4.79 Å². The molecule has 0 aliphatic carbocycles. The van der Waals surface area contributed by atoms with Crippen LogP contribution in [0.3, 0.4) is 0 Å². The summed E-state index contributed by atoms with van der Waals surface area (Å²) in [6, 6.07) is 5.53. The van der Waals surface area contributed by atoms with E-state index in [0.29, 0.717) is 10.0 Å². The summed E-state index contributed by atoms with van der Waals surface area (Å²) >= 11 is 11.8. The maximum atomic E-state index is 12.3. The zero-order valence-corrected chi connectivity index (χ0v) is 13.3. The van der Waals surface area contributed by atoms with Crippen LogP contribution in [0.25, 0.3) is 6.08 Å². The number of nitrogens with zero attached hydrogens (tertiary/aromatic N) is 1. The average molecular weight is 328 g/mol. The molecular formula is C16H19Cl2NO2. The Balaban J connectivity index is 1.99. The highest BCUT2D eigenvalue weighted by molar-refractivity contribution is 6.42. The Hall–Kier alpha value is -1.03. The van der Waals surface area contributed by atoms with Crippen molar-refractivity contribution in [2.75, 3.05) is 13.2 Å². The lowest BCUT2D eigenvalue weighted by molar-refractivity contribution is -0.126. The van der Waals surface area contributed by atoms with E-state index in [-0.39, 0.29) is 18.6 Å². The fraction of sp³-hybridized carbons (Fsp3) is 0.438. The lowest BCUT2D eigenvalue weighted by Gasteiger charge is -2.23. The predicted octanol–water partition coefficient (Wildman–Crippen LogP) is 3.77. The van der Waals surface area contributed by atoms with Crippen molar-refractivity contribution in [3.05, 3.63) is 39.9 Å². The summed E-state index contributed by atoms with van der Waals surface area (Å²) in [4.78, 5) is 14.2. The SMILES string of the molecule is O=C(C=Cc1ccc(Cl)c(Cl)c1)N1CCCC1CCCO. The Labute approximate surface area is 135 Å². The third kappa shape index (κ3) is 4.47. The molecule has 1 aliphatic heterocycles. The number of benzene rings is 1. The number of carbonyl (C=O) groups is 1. The van der Waals surface area contributed by atoms with Gasteiger partial charge >= 0.3 is 0 Å². The minimum absolute atomic E-state index is 0.0153. The van der Waals surface area contributed by atoms with E-state index in [1.165, 1.54) is 0 Å².